The lowest BCUT2D eigenvalue weighted by atomic mass is 10.1. The van der Waals surface area contributed by atoms with Crippen LogP contribution in [0.15, 0.2) is 57.9 Å². The summed E-state index contributed by atoms with van der Waals surface area (Å²) in [4.78, 5) is 16.8. The number of anilines is 1. The molecule has 3 rings (SSSR count). The Hall–Kier alpha value is -3.15. The van der Waals surface area contributed by atoms with Crippen LogP contribution in [0.2, 0.25) is 0 Å². The maximum absolute atomic E-state index is 12.4. The van der Waals surface area contributed by atoms with Gasteiger partial charge >= 0.3 is 0 Å². The van der Waals surface area contributed by atoms with E-state index < -0.39 is 5.91 Å². The third-order valence-electron chi connectivity index (χ3n) is 3.53. The number of aromatic nitrogens is 1. The highest BCUT2D eigenvalue weighted by molar-refractivity contribution is 9.11. The first-order valence-electron chi connectivity index (χ1n) is 7.65. The Morgan fingerprint density at radius 3 is 2.59 bits per heavy atom. The standard InChI is InChI=1S/C19H12BrN3O3S/c20-17-16(12-4-2-1-3-5-12)22-19(27-17)23-18(26)13(10-21)8-11-6-7-14(24)15(25)9-11/h1-9,24-25H,(H,22,23,26)/b13-8+. The molecule has 6 nitrogen and oxygen atoms in total. The van der Waals surface area contributed by atoms with Crippen molar-refractivity contribution < 1.29 is 15.0 Å². The number of halogens is 1. The minimum absolute atomic E-state index is 0.160. The van der Waals surface area contributed by atoms with Crippen LogP contribution in [0.3, 0.4) is 0 Å². The molecule has 0 aliphatic heterocycles. The third kappa shape index (κ3) is 4.34. The van der Waals surface area contributed by atoms with Crippen molar-refractivity contribution in [1.82, 2.24) is 4.98 Å². The number of nitrogens with zero attached hydrogens (tertiary/aromatic N) is 2. The van der Waals surface area contributed by atoms with E-state index in [2.05, 4.69) is 26.2 Å². The van der Waals surface area contributed by atoms with Crippen molar-refractivity contribution in [2.75, 3.05) is 5.32 Å². The molecule has 0 fully saturated rings. The van der Waals surface area contributed by atoms with Crippen molar-refractivity contribution in [2.24, 2.45) is 0 Å². The van der Waals surface area contributed by atoms with E-state index in [0.717, 1.165) is 9.35 Å². The van der Waals surface area contributed by atoms with Crippen LogP contribution in [0.4, 0.5) is 5.13 Å². The molecule has 27 heavy (non-hydrogen) atoms. The molecule has 134 valence electrons. The number of hydrogen-bond donors (Lipinski definition) is 3. The number of amides is 1. The molecule has 1 aromatic heterocycles. The van der Waals surface area contributed by atoms with Gasteiger partial charge < -0.3 is 10.2 Å². The molecule has 0 unspecified atom stereocenters. The van der Waals surface area contributed by atoms with Crippen LogP contribution in [0.25, 0.3) is 17.3 Å². The van der Waals surface area contributed by atoms with Crippen molar-refractivity contribution in [3.05, 3.63) is 63.5 Å². The van der Waals surface area contributed by atoms with Crippen LogP contribution in [-0.2, 0) is 4.79 Å². The first-order valence-corrected chi connectivity index (χ1v) is 9.25. The van der Waals surface area contributed by atoms with Gasteiger partial charge in [0, 0.05) is 5.56 Å². The lowest BCUT2D eigenvalue weighted by Crippen LogP contribution is -2.13. The van der Waals surface area contributed by atoms with E-state index in [9.17, 15) is 20.3 Å². The maximum atomic E-state index is 12.4. The van der Waals surface area contributed by atoms with Gasteiger partial charge in [-0.1, -0.05) is 47.7 Å². The Bertz CT molecular complexity index is 1070. The molecule has 1 heterocycles. The van der Waals surface area contributed by atoms with E-state index in [1.807, 2.05) is 36.4 Å². The first kappa shape index (κ1) is 18.6. The number of phenols is 2. The average Bonchev–Trinajstić information content (AvgIpc) is 3.03. The Kier molecular flexibility index (Phi) is 5.54. The average molecular weight is 442 g/mol. The smallest absolute Gasteiger partial charge is 0.268 e. The number of benzene rings is 2. The topological polar surface area (TPSA) is 106 Å². The zero-order chi connectivity index (χ0) is 19.4. The molecule has 0 aliphatic rings. The van der Waals surface area contributed by atoms with E-state index >= 15 is 0 Å². The van der Waals surface area contributed by atoms with Gasteiger partial charge in [0.25, 0.3) is 5.91 Å². The number of phenolic OH excluding ortho intramolecular Hbond substituents is 2. The molecule has 0 atom stereocenters. The first-order chi connectivity index (χ1) is 13.0. The SMILES string of the molecule is N#C/C(=C\c1ccc(O)c(O)c1)C(=O)Nc1nc(-c2ccccc2)c(Br)s1. The summed E-state index contributed by atoms with van der Waals surface area (Å²) in [7, 11) is 0. The van der Waals surface area contributed by atoms with Crippen LogP contribution in [0.5, 0.6) is 11.5 Å². The normalized spacial score (nSPS) is 11.0. The van der Waals surface area contributed by atoms with Crippen LogP contribution >= 0.6 is 27.3 Å². The fourth-order valence-corrected chi connectivity index (χ4v) is 3.73. The number of carbonyl (C=O) groups excluding carboxylic acids is 1. The zero-order valence-electron chi connectivity index (χ0n) is 13.7. The van der Waals surface area contributed by atoms with E-state index in [-0.39, 0.29) is 17.1 Å². The number of aromatic hydroxyl groups is 2. The fraction of sp³-hybridized carbons (Fsp3) is 0. The highest BCUT2D eigenvalue weighted by Crippen LogP contribution is 2.35. The van der Waals surface area contributed by atoms with Crippen molar-refractivity contribution in [2.45, 2.75) is 0 Å². The second kappa shape index (κ2) is 8.03. The Morgan fingerprint density at radius 2 is 1.93 bits per heavy atom. The summed E-state index contributed by atoms with van der Waals surface area (Å²) in [5.41, 5.74) is 1.84. The number of nitriles is 1. The molecule has 3 N–H and O–H groups in total. The van der Waals surface area contributed by atoms with Gasteiger partial charge in [0.05, 0.1) is 9.48 Å². The number of rotatable bonds is 4. The molecule has 0 aliphatic carbocycles. The summed E-state index contributed by atoms with van der Waals surface area (Å²) in [6.07, 6.45) is 1.31. The zero-order valence-corrected chi connectivity index (χ0v) is 16.1. The molecule has 0 spiro atoms. The number of hydrogen-bond acceptors (Lipinski definition) is 6. The van der Waals surface area contributed by atoms with Gasteiger partial charge in [-0.2, -0.15) is 5.26 Å². The lowest BCUT2D eigenvalue weighted by Gasteiger charge is -2.02. The van der Waals surface area contributed by atoms with Crippen LogP contribution in [0.1, 0.15) is 5.56 Å². The van der Waals surface area contributed by atoms with Gasteiger partial charge in [-0.05, 0) is 39.7 Å². The van der Waals surface area contributed by atoms with Gasteiger partial charge in [0.2, 0.25) is 0 Å². The predicted octanol–water partition coefficient (Wildman–Crippen LogP) is 4.53. The van der Waals surface area contributed by atoms with Crippen LogP contribution in [-0.4, -0.2) is 21.1 Å². The van der Waals surface area contributed by atoms with E-state index in [1.165, 1.54) is 35.6 Å². The van der Waals surface area contributed by atoms with E-state index in [1.54, 1.807) is 0 Å². The molecule has 0 saturated carbocycles. The molecular formula is C19H12BrN3O3S. The Labute approximate surface area is 167 Å². The Morgan fingerprint density at radius 1 is 1.19 bits per heavy atom. The monoisotopic (exact) mass is 441 g/mol. The number of nitrogens with one attached hydrogen (secondary N) is 1. The summed E-state index contributed by atoms with van der Waals surface area (Å²) in [6, 6.07) is 15.3. The molecule has 2 aromatic carbocycles. The van der Waals surface area contributed by atoms with Gasteiger partial charge in [-0.15, -0.1) is 0 Å². The fourth-order valence-electron chi connectivity index (χ4n) is 2.24. The second-order valence-corrected chi connectivity index (χ2v) is 7.70. The molecule has 8 heteroatoms. The van der Waals surface area contributed by atoms with Crippen molar-refractivity contribution in [3.63, 3.8) is 0 Å². The molecule has 0 saturated heterocycles. The van der Waals surface area contributed by atoms with Gasteiger partial charge in [0.15, 0.2) is 16.6 Å². The number of thiazole rings is 1. The maximum Gasteiger partial charge on any atom is 0.268 e. The summed E-state index contributed by atoms with van der Waals surface area (Å²) < 4.78 is 0.759. The third-order valence-corrected chi connectivity index (χ3v) is 5.15. The highest BCUT2D eigenvalue weighted by Gasteiger charge is 2.15. The predicted molar refractivity (Wildman–Crippen MR) is 107 cm³/mol. The van der Waals surface area contributed by atoms with Crippen LogP contribution < -0.4 is 5.32 Å². The summed E-state index contributed by atoms with van der Waals surface area (Å²) in [5.74, 6) is -1.24. The summed E-state index contributed by atoms with van der Waals surface area (Å²) in [5, 5.41) is 31.1. The molecular weight excluding hydrogens is 430 g/mol. The van der Waals surface area contributed by atoms with Crippen molar-refractivity contribution >= 4 is 44.4 Å². The van der Waals surface area contributed by atoms with E-state index in [4.69, 9.17) is 0 Å². The minimum atomic E-state index is -0.620. The van der Waals surface area contributed by atoms with Gasteiger partial charge in [0.1, 0.15) is 11.6 Å². The molecule has 1 amide bonds. The highest BCUT2D eigenvalue weighted by atomic mass is 79.9. The minimum Gasteiger partial charge on any atom is -0.504 e. The quantitative estimate of drug-likeness (QED) is 0.313. The molecule has 0 radical (unpaired) electrons. The van der Waals surface area contributed by atoms with Crippen molar-refractivity contribution in [1.29, 1.82) is 5.26 Å². The lowest BCUT2D eigenvalue weighted by molar-refractivity contribution is -0.112. The van der Waals surface area contributed by atoms with Gasteiger partial charge in [-0.3, -0.25) is 10.1 Å². The summed E-state index contributed by atoms with van der Waals surface area (Å²) >= 11 is 4.68. The Balaban J connectivity index is 1.82. The van der Waals surface area contributed by atoms with Crippen molar-refractivity contribution in [3.8, 4) is 28.8 Å². The van der Waals surface area contributed by atoms with Gasteiger partial charge in [-0.25, -0.2) is 4.98 Å². The van der Waals surface area contributed by atoms with E-state index in [0.29, 0.717) is 16.4 Å². The second-order valence-electron chi connectivity index (χ2n) is 5.38. The number of carbonyl (C=O) groups is 1. The molecule has 3 aromatic rings. The molecule has 0 bridgehead atoms. The summed E-state index contributed by atoms with van der Waals surface area (Å²) in [6.45, 7) is 0. The largest absolute Gasteiger partial charge is 0.504 e. The van der Waals surface area contributed by atoms with Crippen LogP contribution in [0, 0.1) is 11.3 Å².